The molecule has 1 rings (SSSR count). The minimum atomic E-state index is -1.13. The van der Waals surface area contributed by atoms with Crippen molar-refractivity contribution in [1.29, 1.82) is 0 Å². The fourth-order valence-electron chi connectivity index (χ4n) is 0.942. The zero-order valence-corrected chi connectivity index (χ0v) is 10.7. The van der Waals surface area contributed by atoms with E-state index in [1.807, 2.05) is 27.7 Å². The van der Waals surface area contributed by atoms with E-state index < -0.39 is 5.60 Å². The van der Waals surface area contributed by atoms with Crippen molar-refractivity contribution in [2.24, 2.45) is 5.41 Å². The molecule has 1 aromatic heterocycles. The number of thiazole rings is 1. The van der Waals surface area contributed by atoms with E-state index in [-0.39, 0.29) is 5.41 Å². The van der Waals surface area contributed by atoms with Crippen molar-refractivity contribution >= 4 is 11.3 Å². The smallest absolute Gasteiger partial charge is 0.174 e. The zero-order valence-electron chi connectivity index (χ0n) is 9.88. The van der Waals surface area contributed by atoms with E-state index in [9.17, 15) is 5.11 Å². The van der Waals surface area contributed by atoms with Crippen LogP contribution in [0.1, 0.15) is 37.6 Å². The summed E-state index contributed by atoms with van der Waals surface area (Å²) < 4.78 is 0. The van der Waals surface area contributed by atoms with Gasteiger partial charge in [0.2, 0.25) is 0 Å². The standard InChI is InChI=1S/C12H17NOS/c1-9-8-13-10(15-9)12(5,14)7-6-11(2,3)4/h8,14H,1-5H3. The molecular weight excluding hydrogens is 206 g/mol. The number of hydrogen-bond donors (Lipinski definition) is 1. The van der Waals surface area contributed by atoms with Crippen LogP contribution < -0.4 is 0 Å². The van der Waals surface area contributed by atoms with E-state index in [0.717, 1.165) is 4.88 Å². The minimum Gasteiger partial charge on any atom is -0.371 e. The van der Waals surface area contributed by atoms with Crippen molar-refractivity contribution in [3.63, 3.8) is 0 Å². The van der Waals surface area contributed by atoms with E-state index in [4.69, 9.17) is 0 Å². The van der Waals surface area contributed by atoms with Gasteiger partial charge in [0.05, 0.1) is 0 Å². The molecule has 1 heterocycles. The monoisotopic (exact) mass is 223 g/mol. The van der Waals surface area contributed by atoms with Crippen LogP contribution in [0.5, 0.6) is 0 Å². The highest BCUT2D eigenvalue weighted by molar-refractivity contribution is 7.11. The summed E-state index contributed by atoms with van der Waals surface area (Å²) in [5, 5.41) is 10.8. The van der Waals surface area contributed by atoms with Gasteiger partial charge >= 0.3 is 0 Å². The molecule has 0 aliphatic rings. The van der Waals surface area contributed by atoms with Crippen molar-refractivity contribution < 1.29 is 5.11 Å². The Hall–Kier alpha value is -0.850. The first-order valence-corrected chi connectivity index (χ1v) is 5.72. The maximum atomic E-state index is 10.1. The molecule has 0 aromatic carbocycles. The summed E-state index contributed by atoms with van der Waals surface area (Å²) in [6.07, 6.45) is 1.76. The molecule has 0 saturated carbocycles. The normalized spacial score (nSPS) is 15.3. The lowest BCUT2D eigenvalue weighted by molar-refractivity contribution is 0.121. The van der Waals surface area contributed by atoms with Crippen LogP contribution in [0.2, 0.25) is 0 Å². The molecule has 0 aliphatic heterocycles. The minimum absolute atomic E-state index is 0.101. The molecule has 1 N–H and O–H groups in total. The molecule has 0 radical (unpaired) electrons. The van der Waals surface area contributed by atoms with Crippen LogP contribution in [-0.4, -0.2) is 10.1 Å². The molecular formula is C12H17NOS. The maximum absolute atomic E-state index is 10.1. The average molecular weight is 223 g/mol. The fourth-order valence-corrected chi connectivity index (χ4v) is 1.71. The van der Waals surface area contributed by atoms with Gasteiger partial charge in [-0.25, -0.2) is 4.98 Å². The molecule has 2 nitrogen and oxygen atoms in total. The van der Waals surface area contributed by atoms with Crippen LogP contribution in [0, 0.1) is 24.2 Å². The summed E-state index contributed by atoms with van der Waals surface area (Å²) in [6, 6.07) is 0. The summed E-state index contributed by atoms with van der Waals surface area (Å²) in [5.74, 6) is 5.92. The van der Waals surface area contributed by atoms with Crippen molar-refractivity contribution in [3.05, 3.63) is 16.1 Å². The van der Waals surface area contributed by atoms with Gasteiger partial charge in [-0.15, -0.1) is 11.3 Å². The fraction of sp³-hybridized carbons (Fsp3) is 0.583. The Morgan fingerprint density at radius 2 is 1.87 bits per heavy atom. The summed E-state index contributed by atoms with van der Waals surface area (Å²) in [7, 11) is 0. The van der Waals surface area contributed by atoms with Crippen LogP contribution in [0.15, 0.2) is 6.20 Å². The second-order valence-corrected chi connectivity index (χ2v) is 6.08. The maximum Gasteiger partial charge on any atom is 0.174 e. The van der Waals surface area contributed by atoms with E-state index in [1.165, 1.54) is 11.3 Å². The Morgan fingerprint density at radius 3 is 2.27 bits per heavy atom. The van der Waals surface area contributed by atoms with E-state index in [2.05, 4.69) is 16.8 Å². The number of nitrogens with zero attached hydrogens (tertiary/aromatic N) is 1. The van der Waals surface area contributed by atoms with Gasteiger partial charge in [0.15, 0.2) is 5.60 Å². The van der Waals surface area contributed by atoms with Crippen LogP contribution in [0.4, 0.5) is 0 Å². The predicted octanol–water partition coefficient (Wildman–Crippen LogP) is 2.71. The van der Waals surface area contributed by atoms with Crippen LogP contribution >= 0.6 is 11.3 Å². The Bertz CT molecular complexity index is 401. The molecule has 0 fully saturated rings. The molecule has 0 aliphatic carbocycles. The third-order valence-electron chi connectivity index (χ3n) is 1.72. The molecule has 1 aromatic rings. The van der Waals surface area contributed by atoms with Gasteiger partial charge in [-0.3, -0.25) is 0 Å². The van der Waals surface area contributed by atoms with Crippen LogP contribution in [0.3, 0.4) is 0 Å². The second kappa shape index (κ2) is 3.96. The van der Waals surface area contributed by atoms with E-state index >= 15 is 0 Å². The van der Waals surface area contributed by atoms with E-state index in [0.29, 0.717) is 5.01 Å². The number of aliphatic hydroxyl groups is 1. The van der Waals surface area contributed by atoms with Gasteiger partial charge in [-0.2, -0.15) is 0 Å². The largest absolute Gasteiger partial charge is 0.371 e. The quantitative estimate of drug-likeness (QED) is 0.743. The highest BCUT2D eigenvalue weighted by Crippen LogP contribution is 2.25. The molecule has 0 bridgehead atoms. The summed E-state index contributed by atoms with van der Waals surface area (Å²) in [5.41, 5.74) is -1.23. The van der Waals surface area contributed by atoms with Gasteiger partial charge in [0.25, 0.3) is 0 Å². The SMILES string of the molecule is Cc1cnc(C(C)(O)C#CC(C)(C)C)s1. The predicted molar refractivity (Wildman–Crippen MR) is 63.7 cm³/mol. The van der Waals surface area contributed by atoms with Gasteiger partial charge in [-0.1, -0.05) is 11.8 Å². The van der Waals surface area contributed by atoms with Crippen molar-refractivity contribution in [3.8, 4) is 11.8 Å². The lowest BCUT2D eigenvalue weighted by atomic mass is 9.96. The first-order valence-electron chi connectivity index (χ1n) is 4.90. The highest BCUT2D eigenvalue weighted by atomic mass is 32.1. The van der Waals surface area contributed by atoms with E-state index in [1.54, 1.807) is 13.1 Å². The Morgan fingerprint density at radius 1 is 1.27 bits per heavy atom. The number of aromatic nitrogens is 1. The topological polar surface area (TPSA) is 33.1 Å². The summed E-state index contributed by atoms with van der Waals surface area (Å²) in [6.45, 7) is 9.70. The van der Waals surface area contributed by atoms with Gasteiger partial charge in [0, 0.05) is 16.5 Å². The van der Waals surface area contributed by atoms with Crippen LogP contribution in [0.25, 0.3) is 0 Å². The highest BCUT2D eigenvalue weighted by Gasteiger charge is 2.24. The first kappa shape index (κ1) is 12.2. The Kier molecular flexibility index (Phi) is 3.22. The number of aryl methyl sites for hydroxylation is 1. The van der Waals surface area contributed by atoms with Crippen LogP contribution in [-0.2, 0) is 5.60 Å². The Balaban J connectivity index is 2.97. The first-order chi connectivity index (χ1) is 6.71. The third kappa shape index (κ3) is 3.65. The molecule has 0 saturated heterocycles. The summed E-state index contributed by atoms with van der Waals surface area (Å²) in [4.78, 5) is 5.24. The summed E-state index contributed by atoms with van der Waals surface area (Å²) >= 11 is 1.48. The molecule has 82 valence electrons. The van der Waals surface area contributed by atoms with Gasteiger partial charge < -0.3 is 5.11 Å². The van der Waals surface area contributed by atoms with Gasteiger partial charge in [-0.05, 0) is 34.6 Å². The molecule has 15 heavy (non-hydrogen) atoms. The lowest BCUT2D eigenvalue weighted by Gasteiger charge is -2.14. The second-order valence-electron chi connectivity index (χ2n) is 4.85. The molecule has 3 heteroatoms. The molecule has 1 unspecified atom stereocenters. The third-order valence-corrected chi connectivity index (χ3v) is 2.84. The molecule has 0 spiro atoms. The number of hydrogen-bond acceptors (Lipinski definition) is 3. The average Bonchev–Trinajstić information content (AvgIpc) is 2.48. The lowest BCUT2D eigenvalue weighted by Crippen LogP contribution is -2.19. The Labute approximate surface area is 95.4 Å². The van der Waals surface area contributed by atoms with Crippen molar-refractivity contribution in [2.75, 3.05) is 0 Å². The van der Waals surface area contributed by atoms with Crippen molar-refractivity contribution in [2.45, 2.75) is 40.2 Å². The molecule has 1 atom stereocenters. The molecule has 0 amide bonds. The zero-order chi connectivity index (χ0) is 11.7. The number of rotatable bonds is 1. The van der Waals surface area contributed by atoms with Gasteiger partial charge in [0.1, 0.15) is 5.01 Å². The van der Waals surface area contributed by atoms with Crippen molar-refractivity contribution in [1.82, 2.24) is 4.98 Å².